The summed E-state index contributed by atoms with van der Waals surface area (Å²) in [7, 11) is 3.24. The van der Waals surface area contributed by atoms with Gasteiger partial charge in [-0.05, 0) is 47.5 Å². The fourth-order valence-electron chi connectivity index (χ4n) is 4.12. The van der Waals surface area contributed by atoms with Gasteiger partial charge in [-0.15, -0.1) is 0 Å². The minimum Gasteiger partial charge on any atom is -0.493 e. The first kappa shape index (κ1) is 21.6. The van der Waals surface area contributed by atoms with Crippen molar-refractivity contribution in [1.29, 1.82) is 0 Å². The summed E-state index contributed by atoms with van der Waals surface area (Å²) in [6.45, 7) is 1.69. The van der Waals surface area contributed by atoms with Crippen molar-refractivity contribution in [3.8, 4) is 28.4 Å². The van der Waals surface area contributed by atoms with Crippen LogP contribution < -0.4 is 19.6 Å². The third-order valence-electron chi connectivity index (χ3n) is 5.80. The highest BCUT2D eigenvalue weighted by Gasteiger charge is 2.23. The average Bonchev–Trinajstić information content (AvgIpc) is 2.84. The summed E-state index contributed by atoms with van der Waals surface area (Å²) in [5.41, 5.74) is 3.80. The SMILES string of the molecule is COc1ccc(CN2COc3ccc4c(=O)c(-c5ccc(Br)cc5)coc4c3C2)cc1OC. The zero-order valence-electron chi connectivity index (χ0n) is 18.3. The Kier molecular flexibility index (Phi) is 5.83. The lowest BCUT2D eigenvalue weighted by Gasteiger charge is -2.29. The Morgan fingerprint density at radius 3 is 2.55 bits per heavy atom. The lowest BCUT2D eigenvalue weighted by molar-refractivity contribution is 0.0889. The molecule has 0 saturated heterocycles. The molecule has 0 aliphatic carbocycles. The summed E-state index contributed by atoms with van der Waals surface area (Å²) in [4.78, 5) is 15.4. The van der Waals surface area contributed by atoms with E-state index in [0.29, 0.717) is 47.9 Å². The summed E-state index contributed by atoms with van der Waals surface area (Å²) >= 11 is 3.43. The van der Waals surface area contributed by atoms with Crippen molar-refractivity contribution in [2.24, 2.45) is 0 Å². The zero-order valence-corrected chi connectivity index (χ0v) is 19.8. The van der Waals surface area contributed by atoms with Crippen LogP contribution in [0.1, 0.15) is 11.1 Å². The van der Waals surface area contributed by atoms with Gasteiger partial charge in [0.2, 0.25) is 5.43 Å². The van der Waals surface area contributed by atoms with Crippen molar-refractivity contribution in [2.45, 2.75) is 13.1 Å². The van der Waals surface area contributed by atoms with Crippen molar-refractivity contribution >= 4 is 26.9 Å². The van der Waals surface area contributed by atoms with Crippen LogP contribution in [0.5, 0.6) is 17.2 Å². The standard InChI is InChI=1S/C26H22BrNO5/c1-30-23-9-3-16(11-24(23)31-2)12-28-13-20-22(33-15-28)10-8-19-25(29)21(14-32-26(19)20)17-4-6-18(27)7-5-17/h3-11,14H,12-13,15H2,1-2H3. The number of hydrogen-bond acceptors (Lipinski definition) is 6. The topological polar surface area (TPSA) is 61.1 Å². The van der Waals surface area contributed by atoms with E-state index in [1.807, 2.05) is 48.5 Å². The van der Waals surface area contributed by atoms with Gasteiger partial charge < -0.3 is 18.6 Å². The van der Waals surface area contributed by atoms with Gasteiger partial charge in [0.25, 0.3) is 0 Å². The van der Waals surface area contributed by atoms with Crippen LogP contribution in [0.4, 0.5) is 0 Å². The van der Waals surface area contributed by atoms with E-state index < -0.39 is 0 Å². The minimum atomic E-state index is -0.0570. The van der Waals surface area contributed by atoms with Gasteiger partial charge in [-0.25, -0.2) is 0 Å². The van der Waals surface area contributed by atoms with E-state index in [1.165, 1.54) is 0 Å². The molecule has 0 fully saturated rings. The third-order valence-corrected chi connectivity index (χ3v) is 6.32. The van der Waals surface area contributed by atoms with Gasteiger partial charge in [0, 0.05) is 17.6 Å². The molecular formula is C26H22BrNO5. The van der Waals surface area contributed by atoms with Crippen LogP contribution in [0.25, 0.3) is 22.1 Å². The summed E-state index contributed by atoms with van der Waals surface area (Å²) in [6, 6.07) is 17.1. The molecule has 2 heterocycles. The van der Waals surface area contributed by atoms with Crippen molar-refractivity contribution in [1.82, 2.24) is 4.90 Å². The number of hydrogen-bond donors (Lipinski definition) is 0. The van der Waals surface area contributed by atoms with Gasteiger partial charge in [-0.2, -0.15) is 0 Å². The number of rotatable bonds is 5. The van der Waals surface area contributed by atoms with Gasteiger partial charge in [-0.1, -0.05) is 34.1 Å². The van der Waals surface area contributed by atoms with Crippen LogP contribution in [-0.2, 0) is 13.1 Å². The molecule has 0 saturated carbocycles. The van der Waals surface area contributed by atoms with Crippen LogP contribution in [-0.4, -0.2) is 25.9 Å². The van der Waals surface area contributed by atoms with Crippen molar-refractivity contribution in [3.63, 3.8) is 0 Å². The van der Waals surface area contributed by atoms with Crippen LogP contribution in [0.15, 0.2) is 74.5 Å². The Labute approximate surface area is 199 Å². The van der Waals surface area contributed by atoms with E-state index in [1.54, 1.807) is 26.5 Å². The lowest BCUT2D eigenvalue weighted by atomic mass is 10.0. The first-order valence-corrected chi connectivity index (χ1v) is 11.3. The Morgan fingerprint density at radius 1 is 1.00 bits per heavy atom. The molecule has 1 aliphatic rings. The van der Waals surface area contributed by atoms with E-state index in [2.05, 4.69) is 20.8 Å². The molecule has 7 heteroatoms. The number of methoxy groups -OCH3 is 2. The van der Waals surface area contributed by atoms with Crippen LogP contribution in [0.2, 0.25) is 0 Å². The molecule has 3 aromatic carbocycles. The smallest absolute Gasteiger partial charge is 0.200 e. The largest absolute Gasteiger partial charge is 0.493 e. The van der Waals surface area contributed by atoms with E-state index in [4.69, 9.17) is 18.6 Å². The molecule has 1 aliphatic heterocycles. The lowest BCUT2D eigenvalue weighted by Crippen LogP contribution is -2.31. The molecule has 33 heavy (non-hydrogen) atoms. The summed E-state index contributed by atoms with van der Waals surface area (Å²) in [5.74, 6) is 2.12. The quantitative estimate of drug-likeness (QED) is 0.350. The maximum absolute atomic E-state index is 13.3. The molecule has 0 spiro atoms. The molecule has 0 radical (unpaired) electrons. The Bertz CT molecular complexity index is 1380. The van der Waals surface area contributed by atoms with Crippen molar-refractivity contribution in [2.75, 3.05) is 21.0 Å². The van der Waals surface area contributed by atoms with Gasteiger partial charge >= 0.3 is 0 Å². The molecule has 0 bridgehead atoms. The van der Waals surface area contributed by atoms with Crippen LogP contribution in [0.3, 0.4) is 0 Å². The van der Waals surface area contributed by atoms with Gasteiger partial charge in [0.15, 0.2) is 11.5 Å². The Hall–Kier alpha value is -3.29. The second-order valence-electron chi connectivity index (χ2n) is 7.85. The molecule has 0 N–H and O–H groups in total. The van der Waals surface area contributed by atoms with E-state index in [0.717, 1.165) is 26.9 Å². The van der Waals surface area contributed by atoms with Crippen molar-refractivity contribution < 1.29 is 18.6 Å². The summed E-state index contributed by atoms with van der Waals surface area (Å²) in [5, 5.41) is 0.547. The van der Waals surface area contributed by atoms with E-state index in [9.17, 15) is 4.79 Å². The van der Waals surface area contributed by atoms with E-state index in [-0.39, 0.29) is 5.43 Å². The molecular weight excluding hydrogens is 486 g/mol. The number of halogens is 1. The second-order valence-corrected chi connectivity index (χ2v) is 8.77. The molecule has 1 aromatic heterocycles. The summed E-state index contributed by atoms with van der Waals surface area (Å²) in [6.07, 6.45) is 1.54. The molecule has 168 valence electrons. The maximum Gasteiger partial charge on any atom is 0.200 e. The Balaban J connectivity index is 1.47. The highest BCUT2D eigenvalue weighted by atomic mass is 79.9. The van der Waals surface area contributed by atoms with Gasteiger partial charge in [0.05, 0.1) is 30.7 Å². The van der Waals surface area contributed by atoms with Crippen molar-refractivity contribution in [3.05, 3.63) is 86.7 Å². The normalized spacial score (nSPS) is 13.4. The molecule has 5 rings (SSSR count). The number of ether oxygens (including phenoxy) is 3. The summed E-state index contributed by atoms with van der Waals surface area (Å²) < 4.78 is 23.7. The Morgan fingerprint density at radius 2 is 1.79 bits per heavy atom. The number of benzene rings is 3. The third kappa shape index (κ3) is 4.10. The maximum atomic E-state index is 13.3. The first-order valence-electron chi connectivity index (χ1n) is 10.5. The minimum absolute atomic E-state index is 0.0570. The highest BCUT2D eigenvalue weighted by Crippen LogP contribution is 2.34. The first-order chi connectivity index (χ1) is 16.1. The molecule has 0 amide bonds. The fraction of sp³-hybridized carbons (Fsp3) is 0.192. The number of fused-ring (bicyclic) bond motifs is 3. The van der Waals surface area contributed by atoms with Crippen LogP contribution in [0, 0.1) is 0 Å². The second kappa shape index (κ2) is 8.92. The molecule has 0 atom stereocenters. The zero-order chi connectivity index (χ0) is 22.9. The van der Waals surface area contributed by atoms with Gasteiger partial charge in [-0.3, -0.25) is 9.69 Å². The van der Waals surface area contributed by atoms with Crippen LogP contribution >= 0.6 is 15.9 Å². The monoisotopic (exact) mass is 507 g/mol. The average molecular weight is 508 g/mol. The molecule has 4 aromatic rings. The van der Waals surface area contributed by atoms with Gasteiger partial charge in [0.1, 0.15) is 24.3 Å². The predicted molar refractivity (Wildman–Crippen MR) is 130 cm³/mol. The highest BCUT2D eigenvalue weighted by molar-refractivity contribution is 9.10. The fourth-order valence-corrected chi connectivity index (χ4v) is 4.39. The molecule has 0 unspecified atom stereocenters. The molecule has 6 nitrogen and oxygen atoms in total. The van der Waals surface area contributed by atoms with E-state index >= 15 is 0 Å². The predicted octanol–water partition coefficient (Wildman–Crippen LogP) is 5.59. The number of nitrogens with zero attached hydrogens (tertiary/aromatic N) is 1.